The summed E-state index contributed by atoms with van der Waals surface area (Å²) in [6.07, 6.45) is 4.35. The zero-order valence-corrected chi connectivity index (χ0v) is 10.9. The lowest BCUT2D eigenvalue weighted by Crippen LogP contribution is -2.14. The Balaban J connectivity index is 2.36. The first kappa shape index (κ1) is 13.4. The largest absolute Gasteiger partial charge is 0.436 e. The van der Waals surface area contributed by atoms with Crippen LogP contribution in [0.25, 0.3) is 0 Å². The van der Waals surface area contributed by atoms with Crippen molar-refractivity contribution in [3.8, 4) is 11.6 Å². The van der Waals surface area contributed by atoms with Crippen LogP contribution in [-0.2, 0) is 0 Å². The predicted molar refractivity (Wildman–Crippen MR) is 71.1 cm³/mol. The second-order valence-corrected chi connectivity index (χ2v) is 4.22. The van der Waals surface area contributed by atoms with Crippen molar-refractivity contribution in [1.82, 2.24) is 9.97 Å². The summed E-state index contributed by atoms with van der Waals surface area (Å²) < 4.78 is 5.44. The van der Waals surface area contributed by atoms with E-state index in [9.17, 15) is 0 Å². The zero-order valence-electron chi connectivity index (χ0n) is 9.42. The minimum Gasteiger partial charge on any atom is -0.436 e. The second kappa shape index (κ2) is 5.73. The topological polar surface area (TPSA) is 93.6 Å². The lowest BCUT2D eigenvalue weighted by Gasteiger charge is -2.08. The molecule has 98 valence electrons. The number of amidine groups is 1. The molecule has 2 heterocycles. The van der Waals surface area contributed by atoms with Gasteiger partial charge in [-0.3, -0.25) is 4.98 Å². The number of pyridine rings is 2. The molecule has 2 aromatic rings. The first-order valence-electron chi connectivity index (χ1n) is 5.02. The maximum Gasteiger partial charge on any atom is 0.238 e. The van der Waals surface area contributed by atoms with E-state index in [-0.39, 0.29) is 16.7 Å². The summed E-state index contributed by atoms with van der Waals surface area (Å²) >= 11 is 11.8. The summed E-state index contributed by atoms with van der Waals surface area (Å²) in [5, 5.41) is 12.1. The number of oxime groups is 1. The van der Waals surface area contributed by atoms with E-state index in [4.69, 9.17) is 38.9 Å². The molecule has 0 spiro atoms. The van der Waals surface area contributed by atoms with Crippen LogP contribution in [0.4, 0.5) is 0 Å². The van der Waals surface area contributed by atoms with Gasteiger partial charge in [-0.25, -0.2) is 4.98 Å². The third-order valence-corrected chi connectivity index (χ3v) is 2.71. The van der Waals surface area contributed by atoms with Gasteiger partial charge in [0.2, 0.25) is 5.88 Å². The van der Waals surface area contributed by atoms with E-state index in [1.807, 2.05) is 0 Å². The normalized spacial score (nSPS) is 11.4. The molecule has 0 bridgehead atoms. The van der Waals surface area contributed by atoms with Crippen LogP contribution < -0.4 is 10.5 Å². The van der Waals surface area contributed by atoms with Crippen LogP contribution in [0.15, 0.2) is 35.9 Å². The van der Waals surface area contributed by atoms with Crippen LogP contribution in [0, 0.1) is 0 Å². The van der Waals surface area contributed by atoms with Crippen LogP contribution in [0.5, 0.6) is 11.6 Å². The molecular formula is C11H8Cl2N4O2. The van der Waals surface area contributed by atoms with Gasteiger partial charge in [0, 0.05) is 24.0 Å². The molecule has 6 nitrogen and oxygen atoms in total. The molecule has 0 unspecified atom stereocenters. The Morgan fingerprint density at radius 2 is 2.16 bits per heavy atom. The molecular weight excluding hydrogens is 291 g/mol. The van der Waals surface area contributed by atoms with Crippen LogP contribution in [-0.4, -0.2) is 21.0 Å². The van der Waals surface area contributed by atoms with Crippen molar-refractivity contribution < 1.29 is 9.94 Å². The Morgan fingerprint density at radius 1 is 1.37 bits per heavy atom. The quantitative estimate of drug-likeness (QED) is 0.393. The summed E-state index contributed by atoms with van der Waals surface area (Å²) in [6.45, 7) is 0. The smallest absolute Gasteiger partial charge is 0.238 e. The lowest BCUT2D eigenvalue weighted by atomic mass is 10.2. The predicted octanol–water partition coefficient (Wildman–Crippen LogP) is 2.67. The van der Waals surface area contributed by atoms with Crippen molar-refractivity contribution in [3.05, 3.63) is 46.3 Å². The summed E-state index contributed by atoms with van der Waals surface area (Å²) in [5.74, 6) is 0.342. The van der Waals surface area contributed by atoms with Gasteiger partial charge in [0.15, 0.2) is 5.84 Å². The van der Waals surface area contributed by atoms with E-state index >= 15 is 0 Å². The molecule has 0 aliphatic heterocycles. The number of hydrogen-bond donors (Lipinski definition) is 2. The van der Waals surface area contributed by atoms with Gasteiger partial charge >= 0.3 is 0 Å². The minimum absolute atomic E-state index is 0.106. The summed E-state index contributed by atoms with van der Waals surface area (Å²) in [5.41, 5.74) is 5.79. The van der Waals surface area contributed by atoms with E-state index in [2.05, 4.69) is 15.1 Å². The number of halogens is 2. The first-order chi connectivity index (χ1) is 9.11. The third kappa shape index (κ3) is 3.04. The Labute approximate surface area is 118 Å². The van der Waals surface area contributed by atoms with E-state index < -0.39 is 0 Å². The van der Waals surface area contributed by atoms with Crippen molar-refractivity contribution in [3.63, 3.8) is 0 Å². The SMILES string of the molecule is N/C(=N/O)c1ccnc(Oc2cncc(Cl)c2)c1Cl. The van der Waals surface area contributed by atoms with Gasteiger partial charge in [-0.05, 0) is 6.07 Å². The average Bonchev–Trinajstić information content (AvgIpc) is 2.40. The highest BCUT2D eigenvalue weighted by Crippen LogP contribution is 2.30. The minimum atomic E-state index is -0.138. The molecule has 2 rings (SSSR count). The fourth-order valence-corrected chi connectivity index (χ4v) is 1.72. The molecule has 0 fully saturated rings. The van der Waals surface area contributed by atoms with E-state index in [0.717, 1.165) is 0 Å². The molecule has 0 amide bonds. The number of ether oxygens (including phenoxy) is 1. The Bertz CT molecular complexity index is 634. The highest BCUT2D eigenvalue weighted by Gasteiger charge is 2.13. The number of hydrogen-bond acceptors (Lipinski definition) is 5. The maximum absolute atomic E-state index is 8.65. The zero-order chi connectivity index (χ0) is 13.8. The molecule has 19 heavy (non-hydrogen) atoms. The second-order valence-electron chi connectivity index (χ2n) is 3.40. The summed E-state index contributed by atoms with van der Waals surface area (Å²) in [4.78, 5) is 7.83. The van der Waals surface area contributed by atoms with Crippen molar-refractivity contribution >= 4 is 29.0 Å². The van der Waals surface area contributed by atoms with Gasteiger partial charge in [0.1, 0.15) is 10.8 Å². The van der Waals surface area contributed by atoms with Crippen molar-refractivity contribution in [2.75, 3.05) is 0 Å². The van der Waals surface area contributed by atoms with E-state index in [1.54, 1.807) is 6.07 Å². The average molecular weight is 299 g/mol. The lowest BCUT2D eigenvalue weighted by molar-refractivity contribution is 0.318. The van der Waals surface area contributed by atoms with Crippen LogP contribution >= 0.6 is 23.2 Å². The highest BCUT2D eigenvalue weighted by atomic mass is 35.5. The molecule has 3 N–H and O–H groups in total. The van der Waals surface area contributed by atoms with Gasteiger partial charge in [0.05, 0.1) is 11.2 Å². The molecule has 0 saturated carbocycles. The maximum atomic E-state index is 8.65. The highest BCUT2D eigenvalue weighted by molar-refractivity contribution is 6.35. The molecule has 0 aliphatic rings. The van der Waals surface area contributed by atoms with Crippen molar-refractivity contribution in [1.29, 1.82) is 0 Å². The van der Waals surface area contributed by atoms with Crippen LogP contribution in [0.1, 0.15) is 5.56 Å². The van der Waals surface area contributed by atoms with Gasteiger partial charge in [0.25, 0.3) is 0 Å². The van der Waals surface area contributed by atoms with Crippen LogP contribution in [0.3, 0.4) is 0 Å². The van der Waals surface area contributed by atoms with Gasteiger partial charge in [-0.1, -0.05) is 28.4 Å². The van der Waals surface area contributed by atoms with Gasteiger partial charge in [-0.2, -0.15) is 0 Å². The summed E-state index contributed by atoms with van der Waals surface area (Å²) in [6, 6.07) is 3.06. The molecule has 8 heteroatoms. The van der Waals surface area contributed by atoms with Crippen molar-refractivity contribution in [2.24, 2.45) is 10.9 Å². The van der Waals surface area contributed by atoms with Crippen LogP contribution in [0.2, 0.25) is 10.0 Å². The van der Waals surface area contributed by atoms with Gasteiger partial charge in [-0.15, -0.1) is 0 Å². The molecule has 0 saturated heterocycles. The fraction of sp³-hybridized carbons (Fsp3) is 0. The van der Waals surface area contributed by atoms with Crippen molar-refractivity contribution in [2.45, 2.75) is 0 Å². The molecule has 0 radical (unpaired) electrons. The molecule has 0 aromatic carbocycles. The van der Waals surface area contributed by atoms with E-state index in [1.165, 1.54) is 24.7 Å². The monoisotopic (exact) mass is 298 g/mol. The van der Waals surface area contributed by atoms with Gasteiger partial charge < -0.3 is 15.7 Å². The standard InChI is InChI=1S/C11H8Cl2N4O2/c12-6-3-7(5-15-4-6)19-11-9(13)8(1-2-16-11)10(14)17-18/h1-5,18H,(H2,14,17). The van der Waals surface area contributed by atoms with E-state index in [0.29, 0.717) is 16.3 Å². The molecule has 0 aliphatic carbocycles. The molecule has 0 atom stereocenters. The molecule has 2 aromatic heterocycles. The third-order valence-electron chi connectivity index (χ3n) is 2.14. The number of nitrogens with zero attached hydrogens (tertiary/aromatic N) is 3. The number of aromatic nitrogens is 2. The Morgan fingerprint density at radius 3 is 2.84 bits per heavy atom. The first-order valence-corrected chi connectivity index (χ1v) is 5.78. The number of rotatable bonds is 3. The number of nitrogens with two attached hydrogens (primary N) is 1. The fourth-order valence-electron chi connectivity index (χ4n) is 1.31. The Hall–Kier alpha value is -2.05. The Kier molecular flexibility index (Phi) is 4.03. The summed E-state index contributed by atoms with van der Waals surface area (Å²) in [7, 11) is 0.